The summed E-state index contributed by atoms with van der Waals surface area (Å²) in [7, 11) is 0. The number of benzene rings is 1. The van der Waals surface area contributed by atoms with Crippen LogP contribution in [-0.4, -0.2) is 15.0 Å². The molecule has 86 valence electrons. The van der Waals surface area contributed by atoms with Crippen LogP contribution in [0.1, 0.15) is 25.7 Å². The Labute approximate surface area is 108 Å². The van der Waals surface area contributed by atoms with E-state index in [0.29, 0.717) is 19.8 Å². The fraction of sp³-hybridized carbons (Fsp3) is 0.429. The molecule has 0 heterocycles. The fourth-order valence-electron chi connectivity index (χ4n) is 2.24. The topological polar surface area (TPSA) is 47.6 Å². The molecule has 0 spiro atoms. The van der Waals surface area contributed by atoms with E-state index in [1.54, 1.807) is 0 Å². The summed E-state index contributed by atoms with van der Waals surface area (Å²) in [6.45, 7) is 0. The van der Waals surface area contributed by atoms with Gasteiger partial charge in [0.25, 0.3) is 0 Å². The molecule has 0 amide bonds. The van der Waals surface area contributed by atoms with Gasteiger partial charge < -0.3 is 0 Å². The summed E-state index contributed by atoms with van der Waals surface area (Å²) in [5.41, 5.74) is -0.709. The number of hydrogen-bond donors (Lipinski definition) is 0. The molecule has 2 rings (SSSR count). The Morgan fingerprint density at radius 2 is 1.88 bits per heavy atom. The van der Waals surface area contributed by atoms with Crippen LogP contribution in [0, 0.1) is 28.1 Å². The molecule has 0 saturated heterocycles. The van der Waals surface area contributed by atoms with Crippen molar-refractivity contribution in [2.45, 2.75) is 30.5 Å². The Balaban J connectivity index is 2.05. The summed E-state index contributed by atoms with van der Waals surface area (Å²) in [5.74, 6) is 0. The zero-order valence-electron chi connectivity index (χ0n) is 9.60. The van der Waals surface area contributed by atoms with E-state index in [2.05, 4.69) is 36.4 Å². The molecule has 1 aliphatic carbocycles. The van der Waals surface area contributed by atoms with Gasteiger partial charge in [-0.25, -0.2) is 0 Å². The summed E-state index contributed by atoms with van der Waals surface area (Å²) in [4.78, 5) is 0.540. The first-order valence-electron chi connectivity index (χ1n) is 5.82. The quantitative estimate of drug-likeness (QED) is 0.785. The molecule has 3 heteroatoms. The van der Waals surface area contributed by atoms with Crippen molar-refractivity contribution in [1.82, 2.24) is 0 Å². The molecule has 0 aromatic heterocycles. The average molecular weight is 289 g/mol. The van der Waals surface area contributed by atoms with Crippen molar-refractivity contribution in [2.24, 2.45) is 5.41 Å². The molecule has 0 bridgehead atoms. The van der Waals surface area contributed by atoms with Crippen LogP contribution >= 0.6 is 0 Å². The minimum absolute atomic E-state index is 0.390. The van der Waals surface area contributed by atoms with Gasteiger partial charge in [0.1, 0.15) is 0 Å². The van der Waals surface area contributed by atoms with Gasteiger partial charge in [0.2, 0.25) is 0 Å². The number of nitrogens with zero attached hydrogens (tertiary/aromatic N) is 2. The van der Waals surface area contributed by atoms with Crippen LogP contribution in [0.5, 0.6) is 0 Å². The first-order valence-corrected chi connectivity index (χ1v) is 7.67. The van der Waals surface area contributed by atoms with Crippen molar-refractivity contribution in [3.63, 3.8) is 0 Å². The van der Waals surface area contributed by atoms with Crippen molar-refractivity contribution in [3.8, 4) is 12.1 Å². The van der Waals surface area contributed by atoms with E-state index in [1.165, 1.54) is 10.9 Å². The van der Waals surface area contributed by atoms with Crippen molar-refractivity contribution in [1.29, 1.82) is 10.5 Å². The molecule has 0 N–H and O–H groups in total. The van der Waals surface area contributed by atoms with Crippen molar-refractivity contribution in [3.05, 3.63) is 30.3 Å². The molecule has 0 aliphatic heterocycles. The van der Waals surface area contributed by atoms with Crippen molar-refractivity contribution in [2.75, 3.05) is 0 Å². The van der Waals surface area contributed by atoms with Crippen LogP contribution in [0.4, 0.5) is 0 Å². The molecule has 1 aromatic rings. The Hall–Kier alpha value is -1.28. The maximum absolute atomic E-state index is 9.16. The molecule has 2 nitrogen and oxygen atoms in total. The Kier molecular flexibility index (Phi) is 3.85. The van der Waals surface area contributed by atoms with Crippen LogP contribution in [-0.2, 0) is 0 Å². The van der Waals surface area contributed by atoms with E-state index < -0.39 is 5.41 Å². The second-order valence-electron chi connectivity index (χ2n) is 4.45. The summed E-state index contributed by atoms with van der Waals surface area (Å²) >= 11 is 0.390. The number of nitriles is 2. The first kappa shape index (κ1) is 12.2. The van der Waals surface area contributed by atoms with Gasteiger partial charge in [-0.1, -0.05) is 0 Å². The molecule has 1 saturated carbocycles. The monoisotopic (exact) mass is 290 g/mol. The van der Waals surface area contributed by atoms with Gasteiger partial charge in [0.05, 0.1) is 0 Å². The van der Waals surface area contributed by atoms with E-state index >= 15 is 0 Å². The molecule has 1 aromatic carbocycles. The Morgan fingerprint density at radius 3 is 2.53 bits per heavy atom. The fourth-order valence-corrected chi connectivity index (χ4v) is 5.08. The number of hydrogen-bond acceptors (Lipinski definition) is 2. The van der Waals surface area contributed by atoms with Gasteiger partial charge in [0.15, 0.2) is 0 Å². The van der Waals surface area contributed by atoms with Gasteiger partial charge in [0, 0.05) is 0 Å². The summed E-state index contributed by atoms with van der Waals surface area (Å²) in [6, 6.07) is 14.9. The zero-order chi connectivity index (χ0) is 12.1. The van der Waals surface area contributed by atoms with Crippen molar-refractivity contribution < 1.29 is 0 Å². The van der Waals surface area contributed by atoms with E-state index in [-0.39, 0.29) is 0 Å². The molecule has 1 aliphatic rings. The summed E-state index contributed by atoms with van der Waals surface area (Å²) in [5, 5.41) is 18.3. The van der Waals surface area contributed by atoms with E-state index in [1.807, 2.05) is 6.07 Å². The van der Waals surface area contributed by atoms with Crippen LogP contribution in [0.15, 0.2) is 30.3 Å². The van der Waals surface area contributed by atoms with Crippen LogP contribution in [0.2, 0.25) is 4.82 Å². The van der Waals surface area contributed by atoms with Gasteiger partial charge >= 0.3 is 108 Å². The molecule has 1 atom stereocenters. The van der Waals surface area contributed by atoms with Gasteiger partial charge in [-0.05, 0) is 0 Å². The molecular formula is C14H14N2Se. The molecule has 17 heavy (non-hydrogen) atoms. The van der Waals surface area contributed by atoms with E-state index in [0.717, 1.165) is 19.3 Å². The van der Waals surface area contributed by atoms with Crippen LogP contribution < -0.4 is 4.46 Å². The maximum atomic E-state index is 9.16. The Morgan fingerprint density at radius 1 is 1.18 bits per heavy atom. The van der Waals surface area contributed by atoms with Gasteiger partial charge in [-0.15, -0.1) is 0 Å². The third-order valence-corrected chi connectivity index (χ3v) is 5.87. The Bertz CT molecular complexity index is 441. The second-order valence-corrected chi connectivity index (χ2v) is 7.34. The predicted molar refractivity (Wildman–Crippen MR) is 67.7 cm³/mol. The van der Waals surface area contributed by atoms with Crippen LogP contribution in [0.3, 0.4) is 0 Å². The summed E-state index contributed by atoms with van der Waals surface area (Å²) < 4.78 is 1.37. The summed E-state index contributed by atoms with van der Waals surface area (Å²) in [6.07, 6.45) is 3.69. The standard InChI is InChI=1S/C14H14N2Se/c15-10-14(11-16)8-4-7-13(9-14)17-12-5-2-1-3-6-12/h1-3,5-6,13H,4,7-9H2. The molecular weight excluding hydrogens is 275 g/mol. The SMILES string of the molecule is N#CC1(C#N)CCCC([Se]c2ccccc2)C1. The normalized spacial score (nSPS) is 22.4. The average Bonchev–Trinajstić information content (AvgIpc) is 2.40. The minimum atomic E-state index is -0.709. The molecule has 0 radical (unpaired) electrons. The third-order valence-electron chi connectivity index (χ3n) is 3.18. The van der Waals surface area contributed by atoms with Gasteiger partial charge in [-0.3, -0.25) is 0 Å². The molecule has 1 fully saturated rings. The van der Waals surface area contributed by atoms with Crippen LogP contribution in [0.25, 0.3) is 0 Å². The molecule has 1 unspecified atom stereocenters. The third kappa shape index (κ3) is 2.89. The number of rotatable bonds is 2. The van der Waals surface area contributed by atoms with E-state index in [9.17, 15) is 0 Å². The van der Waals surface area contributed by atoms with Crippen molar-refractivity contribution >= 4 is 19.4 Å². The second kappa shape index (κ2) is 5.37. The van der Waals surface area contributed by atoms with Gasteiger partial charge in [-0.2, -0.15) is 0 Å². The predicted octanol–water partition coefficient (Wildman–Crippen LogP) is 2.41. The zero-order valence-corrected chi connectivity index (χ0v) is 11.3. The van der Waals surface area contributed by atoms with E-state index in [4.69, 9.17) is 10.5 Å². The first-order chi connectivity index (χ1) is 8.28.